The lowest BCUT2D eigenvalue weighted by molar-refractivity contribution is 0.0519. The van der Waals surface area contributed by atoms with Gasteiger partial charge in [0.2, 0.25) is 0 Å². The molecule has 0 bridgehead atoms. The summed E-state index contributed by atoms with van der Waals surface area (Å²) in [6.45, 7) is 3.84. The van der Waals surface area contributed by atoms with Crippen LogP contribution < -0.4 is 10.6 Å². The molecule has 0 saturated heterocycles. The van der Waals surface area contributed by atoms with Crippen LogP contribution in [0.3, 0.4) is 0 Å². The number of oxazole rings is 1. The van der Waals surface area contributed by atoms with E-state index in [1.165, 1.54) is 19.1 Å². The van der Waals surface area contributed by atoms with E-state index < -0.39 is 5.97 Å². The smallest absolute Gasteiger partial charge is 0.360 e. The Labute approximate surface area is 106 Å². The molecule has 0 unspecified atom stereocenters. The van der Waals surface area contributed by atoms with Crippen molar-refractivity contribution >= 4 is 12.0 Å². The molecule has 0 amide bonds. The quantitative estimate of drug-likeness (QED) is 0.539. The number of ether oxygens (including phenoxy) is 1. The third-order valence-corrected chi connectivity index (χ3v) is 2.63. The molecule has 0 spiro atoms. The number of hydrogen-bond acceptors (Lipinski definition) is 6. The molecule has 1 fully saturated rings. The van der Waals surface area contributed by atoms with Crippen molar-refractivity contribution < 1.29 is 13.9 Å². The van der Waals surface area contributed by atoms with Crippen LogP contribution in [0.1, 0.15) is 36.7 Å². The molecule has 100 valence electrons. The third kappa shape index (κ3) is 4.03. The summed E-state index contributed by atoms with van der Waals surface area (Å²) in [4.78, 5) is 15.3. The van der Waals surface area contributed by atoms with Crippen molar-refractivity contribution in [3.63, 3.8) is 0 Å². The van der Waals surface area contributed by atoms with Gasteiger partial charge >= 0.3 is 5.97 Å². The Morgan fingerprint density at radius 2 is 2.39 bits per heavy atom. The van der Waals surface area contributed by atoms with Gasteiger partial charge in [-0.2, -0.15) is 4.98 Å². The van der Waals surface area contributed by atoms with Crippen LogP contribution in [0.15, 0.2) is 10.7 Å². The molecule has 18 heavy (non-hydrogen) atoms. The van der Waals surface area contributed by atoms with E-state index in [9.17, 15) is 4.79 Å². The Balaban J connectivity index is 1.64. The fourth-order valence-electron chi connectivity index (χ4n) is 1.53. The zero-order valence-electron chi connectivity index (χ0n) is 10.6. The zero-order chi connectivity index (χ0) is 12.8. The first kappa shape index (κ1) is 12.9. The van der Waals surface area contributed by atoms with Crippen molar-refractivity contribution in [2.24, 2.45) is 0 Å². The number of nitrogens with zero attached hydrogens (tertiary/aromatic N) is 1. The Morgan fingerprint density at radius 1 is 1.56 bits per heavy atom. The largest absolute Gasteiger partial charge is 0.461 e. The highest BCUT2D eigenvalue weighted by atomic mass is 16.5. The maximum absolute atomic E-state index is 11.3. The lowest BCUT2D eigenvalue weighted by atomic mass is 10.4. The monoisotopic (exact) mass is 253 g/mol. The number of nitrogens with one attached hydrogen (secondary N) is 2. The molecule has 1 aliphatic rings. The van der Waals surface area contributed by atoms with Crippen LogP contribution >= 0.6 is 0 Å². The molecular weight excluding hydrogens is 234 g/mol. The Kier molecular flexibility index (Phi) is 4.58. The first-order valence-electron chi connectivity index (χ1n) is 6.39. The van der Waals surface area contributed by atoms with E-state index in [0.717, 1.165) is 25.6 Å². The van der Waals surface area contributed by atoms with Gasteiger partial charge in [-0.3, -0.25) is 0 Å². The summed E-state index contributed by atoms with van der Waals surface area (Å²) in [5, 5.41) is 6.45. The van der Waals surface area contributed by atoms with Crippen LogP contribution in [0.25, 0.3) is 0 Å². The van der Waals surface area contributed by atoms with Gasteiger partial charge in [-0.15, -0.1) is 0 Å². The SMILES string of the molecule is CCOC(=O)c1coc(NCCCNC2CC2)n1. The summed E-state index contributed by atoms with van der Waals surface area (Å²) in [5.41, 5.74) is 0.204. The number of aromatic nitrogens is 1. The van der Waals surface area contributed by atoms with Crippen LogP contribution in [0.4, 0.5) is 6.01 Å². The summed E-state index contributed by atoms with van der Waals surface area (Å²) >= 11 is 0. The first-order chi connectivity index (χ1) is 8.79. The molecule has 2 N–H and O–H groups in total. The van der Waals surface area contributed by atoms with Crippen molar-refractivity contribution in [2.45, 2.75) is 32.2 Å². The van der Waals surface area contributed by atoms with Crippen molar-refractivity contribution in [3.05, 3.63) is 12.0 Å². The number of anilines is 1. The van der Waals surface area contributed by atoms with Crippen LogP contribution in [-0.2, 0) is 4.74 Å². The van der Waals surface area contributed by atoms with Crippen LogP contribution in [-0.4, -0.2) is 36.7 Å². The summed E-state index contributed by atoms with van der Waals surface area (Å²) in [6.07, 6.45) is 4.91. The molecule has 0 aromatic carbocycles. The van der Waals surface area contributed by atoms with Gasteiger partial charge in [-0.1, -0.05) is 0 Å². The van der Waals surface area contributed by atoms with E-state index in [2.05, 4.69) is 15.6 Å². The molecule has 6 nitrogen and oxygen atoms in total. The van der Waals surface area contributed by atoms with Crippen LogP contribution in [0.5, 0.6) is 0 Å². The molecule has 0 radical (unpaired) electrons. The summed E-state index contributed by atoms with van der Waals surface area (Å²) in [7, 11) is 0. The molecule has 0 aliphatic heterocycles. The van der Waals surface area contributed by atoms with Crippen LogP contribution in [0, 0.1) is 0 Å². The summed E-state index contributed by atoms with van der Waals surface area (Å²) in [5.74, 6) is -0.454. The molecular formula is C12H19N3O3. The van der Waals surface area contributed by atoms with Gasteiger partial charge in [-0.25, -0.2) is 4.79 Å². The molecule has 1 aromatic rings. The lowest BCUT2D eigenvalue weighted by Crippen LogP contribution is -2.20. The number of rotatable bonds is 8. The Morgan fingerprint density at radius 3 is 3.11 bits per heavy atom. The topological polar surface area (TPSA) is 76.4 Å². The average molecular weight is 253 g/mol. The second kappa shape index (κ2) is 6.39. The standard InChI is InChI=1S/C12H19N3O3/c1-2-17-11(16)10-8-18-12(15-10)14-7-3-6-13-9-4-5-9/h8-9,13H,2-7H2,1H3,(H,14,15). The second-order valence-corrected chi connectivity index (χ2v) is 4.27. The van der Waals surface area contributed by atoms with Crippen molar-refractivity contribution in [2.75, 3.05) is 25.0 Å². The van der Waals surface area contributed by atoms with Gasteiger partial charge in [-0.05, 0) is 32.7 Å². The van der Waals surface area contributed by atoms with Gasteiger partial charge in [0.15, 0.2) is 5.69 Å². The van der Waals surface area contributed by atoms with E-state index in [1.54, 1.807) is 6.92 Å². The fraction of sp³-hybridized carbons (Fsp3) is 0.667. The molecule has 0 atom stereocenters. The highest BCUT2D eigenvalue weighted by Gasteiger charge is 2.19. The number of esters is 1. The van der Waals surface area contributed by atoms with Crippen molar-refractivity contribution in [1.82, 2.24) is 10.3 Å². The predicted octanol–water partition coefficient (Wildman–Crippen LogP) is 1.41. The normalized spacial score (nSPS) is 14.5. The summed E-state index contributed by atoms with van der Waals surface area (Å²) < 4.78 is 9.95. The van der Waals surface area contributed by atoms with Gasteiger partial charge < -0.3 is 19.8 Å². The van der Waals surface area contributed by atoms with Crippen LogP contribution in [0.2, 0.25) is 0 Å². The van der Waals surface area contributed by atoms with Crippen molar-refractivity contribution in [3.8, 4) is 0 Å². The molecule has 6 heteroatoms. The van der Waals surface area contributed by atoms with E-state index in [-0.39, 0.29) is 5.69 Å². The van der Waals surface area contributed by atoms with Gasteiger partial charge in [0.05, 0.1) is 6.61 Å². The Bertz CT molecular complexity index is 388. The number of carbonyl (C=O) groups is 1. The predicted molar refractivity (Wildman–Crippen MR) is 66.6 cm³/mol. The third-order valence-electron chi connectivity index (χ3n) is 2.63. The molecule has 2 rings (SSSR count). The Hall–Kier alpha value is -1.56. The highest BCUT2D eigenvalue weighted by Crippen LogP contribution is 2.18. The molecule has 1 aromatic heterocycles. The summed E-state index contributed by atoms with van der Waals surface area (Å²) in [6, 6.07) is 1.10. The maximum atomic E-state index is 11.3. The molecule has 1 saturated carbocycles. The van der Waals surface area contributed by atoms with E-state index in [1.807, 2.05) is 0 Å². The van der Waals surface area contributed by atoms with E-state index in [0.29, 0.717) is 12.6 Å². The zero-order valence-corrected chi connectivity index (χ0v) is 10.6. The minimum atomic E-state index is -0.454. The van der Waals surface area contributed by atoms with E-state index >= 15 is 0 Å². The molecule has 1 aliphatic carbocycles. The van der Waals surface area contributed by atoms with Gasteiger partial charge in [0.25, 0.3) is 6.01 Å². The number of hydrogen-bond donors (Lipinski definition) is 2. The minimum absolute atomic E-state index is 0.204. The molecule has 1 heterocycles. The van der Waals surface area contributed by atoms with Crippen molar-refractivity contribution in [1.29, 1.82) is 0 Å². The highest BCUT2D eigenvalue weighted by molar-refractivity contribution is 5.87. The second-order valence-electron chi connectivity index (χ2n) is 4.27. The fourth-order valence-corrected chi connectivity index (χ4v) is 1.53. The number of carbonyl (C=O) groups excluding carboxylic acids is 1. The maximum Gasteiger partial charge on any atom is 0.360 e. The van der Waals surface area contributed by atoms with Gasteiger partial charge in [0.1, 0.15) is 6.26 Å². The average Bonchev–Trinajstić information content (AvgIpc) is 3.06. The minimum Gasteiger partial charge on any atom is -0.461 e. The van der Waals surface area contributed by atoms with Gasteiger partial charge in [0, 0.05) is 12.6 Å². The first-order valence-corrected chi connectivity index (χ1v) is 6.39. The van der Waals surface area contributed by atoms with E-state index in [4.69, 9.17) is 9.15 Å². The lowest BCUT2D eigenvalue weighted by Gasteiger charge is -2.02.